The lowest BCUT2D eigenvalue weighted by molar-refractivity contribution is -0.0498. The van der Waals surface area contributed by atoms with Gasteiger partial charge in [-0.05, 0) is 17.7 Å². The molecule has 0 fully saturated rings. The lowest BCUT2D eigenvalue weighted by Crippen LogP contribution is -2.02. The number of rotatable bonds is 4. The standard InChI is InChI=1S/C10H8F2N2O3/c11-9(12)16-7-3-1-6(2-4-7)5-8-13-10(15)17-14-8/h1-4,9H,5H2,(H,13,14,15). The Morgan fingerprint density at radius 1 is 1.35 bits per heavy atom. The second-order valence-corrected chi connectivity index (χ2v) is 3.24. The third kappa shape index (κ3) is 3.13. The number of H-pyrrole nitrogens is 1. The van der Waals surface area contributed by atoms with Gasteiger partial charge in [0.05, 0.1) is 0 Å². The highest BCUT2D eigenvalue weighted by Crippen LogP contribution is 2.15. The molecule has 0 spiro atoms. The molecule has 0 aliphatic rings. The van der Waals surface area contributed by atoms with Crippen LogP contribution in [0.4, 0.5) is 8.78 Å². The normalized spacial score (nSPS) is 10.8. The van der Waals surface area contributed by atoms with Crippen LogP contribution < -0.4 is 10.5 Å². The van der Waals surface area contributed by atoms with E-state index in [1.165, 1.54) is 12.1 Å². The van der Waals surface area contributed by atoms with E-state index in [-0.39, 0.29) is 5.75 Å². The van der Waals surface area contributed by atoms with Crippen molar-refractivity contribution in [1.82, 2.24) is 10.1 Å². The molecule has 90 valence electrons. The number of benzene rings is 1. The van der Waals surface area contributed by atoms with Gasteiger partial charge in [0.2, 0.25) is 0 Å². The zero-order chi connectivity index (χ0) is 12.3. The first kappa shape index (κ1) is 11.3. The van der Waals surface area contributed by atoms with Crippen molar-refractivity contribution >= 4 is 0 Å². The molecule has 0 saturated heterocycles. The highest BCUT2D eigenvalue weighted by atomic mass is 19.3. The fourth-order valence-corrected chi connectivity index (χ4v) is 1.32. The molecule has 0 radical (unpaired) electrons. The summed E-state index contributed by atoms with van der Waals surface area (Å²) in [6.07, 6.45) is 0.348. The Kier molecular flexibility index (Phi) is 3.17. The molecule has 0 unspecified atom stereocenters. The predicted molar refractivity (Wildman–Crippen MR) is 53.0 cm³/mol. The first-order valence-electron chi connectivity index (χ1n) is 4.72. The van der Waals surface area contributed by atoms with Crippen molar-refractivity contribution in [2.24, 2.45) is 0 Å². The molecule has 1 aromatic heterocycles. The van der Waals surface area contributed by atoms with Gasteiger partial charge in [-0.2, -0.15) is 8.78 Å². The highest BCUT2D eigenvalue weighted by molar-refractivity contribution is 5.28. The summed E-state index contributed by atoms with van der Waals surface area (Å²) >= 11 is 0. The smallest absolute Gasteiger partial charge is 0.435 e. The second kappa shape index (κ2) is 4.77. The maximum Gasteiger partial charge on any atom is 0.438 e. The summed E-state index contributed by atoms with van der Waals surface area (Å²) in [5.41, 5.74) is 0.788. The molecule has 1 aromatic carbocycles. The summed E-state index contributed by atoms with van der Waals surface area (Å²) < 4.78 is 32.3. The average Bonchev–Trinajstić information content (AvgIpc) is 2.66. The van der Waals surface area contributed by atoms with Gasteiger partial charge in [-0.15, -0.1) is 0 Å². The van der Waals surface area contributed by atoms with Crippen LogP contribution in [0.5, 0.6) is 5.75 Å². The molecule has 0 atom stereocenters. The lowest BCUT2D eigenvalue weighted by atomic mass is 10.1. The van der Waals surface area contributed by atoms with Crippen LogP contribution in [0.3, 0.4) is 0 Å². The molecule has 2 rings (SSSR count). The number of alkyl halides is 2. The van der Waals surface area contributed by atoms with Gasteiger partial charge in [-0.3, -0.25) is 9.51 Å². The van der Waals surface area contributed by atoms with Gasteiger partial charge < -0.3 is 4.74 Å². The molecule has 2 aromatic rings. The number of halogens is 2. The molecule has 7 heteroatoms. The lowest BCUT2D eigenvalue weighted by Gasteiger charge is -2.04. The number of nitrogens with zero attached hydrogens (tertiary/aromatic N) is 1. The quantitative estimate of drug-likeness (QED) is 0.883. The highest BCUT2D eigenvalue weighted by Gasteiger charge is 2.05. The maximum atomic E-state index is 11.9. The molecule has 0 saturated carbocycles. The minimum absolute atomic E-state index is 0.0809. The minimum Gasteiger partial charge on any atom is -0.435 e. The summed E-state index contributed by atoms with van der Waals surface area (Å²) in [5, 5.41) is 3.49. The Labute approximate surface area is 94.0 Å². The Morgan fingerprint density at radius 2 is 2.06 bits per heavy atom. The minimum atomic E-state index is -2.84. The van der Waals surface area contributed by atoms with Crippen molar-refractivity contribution in [3.63, 3.8) is 0 Å². The van der Waals surface area contributed by atoms with E-state index in [2.05, 4.69) is 19.4 Å². The van der Waals surface area contributed by atoms with E-state index in [0.717, 1.165) is 5.56 Å². The summed E-state index contributed by atoms with van der Waals surface area (Å²) in [5.74, 6) is -0.174. The van der Waals surface area contributed by atoms with Gasteiger partial charge in [0.15, 0.2) is 5.82 Å². The zero-order valence-corrected chi connectivity index (χ0v) is 8.52. The van der Waals surface area contributed by atoms with Crippen molar-refractivity contribution in [2.45, 2.75) is 13.0 Å². The van der Waals surface area contributed by atoms with Crippen LogP contribution in [0.1, 0.15) is 11.4 Å². The van der Waals surface area contributed by atoms with E-state index in [1.807, 2.05) is 0 Å². The van der Waals surface area contributed by atoms with Crippen molar-refractivity contribution < 1.29 is 18.0 Å². The molecule has 0 bridgehead atoms. The average molecular weight is 242 g/mol. The monoisotopic (exact) mass is 242 g/mol. The van der Waals surface area contributed by atoms with Crippen LogP contribution in [0, 0.1) is 0 Å². The Hall–Kier alpha value is -2.18. The molecule has 0 aliphatic carbocycles. The topological polar surface area (TPSA) is 68.1 Å². The van der Waals surface area contributed by atoms with E-state index >= 15 is 0 Å². The molecule has 1 N–H and O–H groups in total. The van der Waals surface area contributed by atoms with Crippen molar-refractivity contribution in [3.8, 4) is 5.75 Å². The fourth-order valence-electron chi connectivity index (χ4n) is 1.32. The Bertz CT molecular complexity index is 533. The molecule has 17 heavy (non-hydrogen) atoms. The molecule has 0 aliphatic heterocycles. The summed E-state index contributed by atoms with van der Waals surface area (Å²) in [6, 6.07) is 6.04. The van der Waals surface area contributed by atoms with Crippen LogP contribution in [-0.2, 0) is 6.42 Å². The van der Waals surface area contributed by atoms with Gasteiger partial charge in [-0.1, -0.05) is 17.3 Å². The number of aromatic nitrogens is 2. The first-order valence-corrected chi connectivity index (χ1v) is 4.72. The fraction of sp³-hybridized carbons (Fsp3) is 0.200. The van der Waals surface area contributed by atoms with Gasteiger partial charge >= 0.3 is 12.4 Å². The first-order chi connectivity index (χ1) is 8.13. The molecular formula is C10H8F2N2O3. The Balaban J connectivity index is 2.05. The van der Waals surface area contributed by atoms with Crippen molar-refractivity contribution in [3.05, 3.63) is 46.2 Å². The van der Waals surface area contributed by atoms with Crippen LogP contribution in [0.2, 0.25) is 0 Å². The predicted octanol–water partition coefficient (Wildman–Crippen LogP) is 1.56. The molecule has 1 heterocycles. The molecule has 0 amide bonds. The third-order valence-electron chi connectivity index (χ3n) is 2.01. The van der Waals surface area contributed by atoms with Crippen LogP contribution in [-0.4, -0.2) is 16.8 Å². The summed E-state index contributed by atoms with van der Waals surface area (Å²) in [7, 11) is 0. The maximum absolute atomic E-state index is 11.9. The second-order valence-electron chi connectivity index (χ2n) is 3.24. The summed E-state index contributed by atoms with van der Waals surface area (Å²) in [6.45, 7) is -2.84. The number of nitrogens with one attached hydrogen (secondary N) is 1. The molecular weight excluding hydrogens is 234 g/mol. The van der Waals surface area contributed by atoms with E-state index in [0.29, 0.717) is 12.2 Å². The van der Waals surface area contributed by atoms with Crippen molar-refractivity contribution in [1.29, 1.82) is 0 Å². The van der Waals surface area contributed by atoms with E-state index in [4.69, 9.17) is 0 Å². The van der Waals surface area contributed by atoms with Gasteiger partial charge in [0.1, 0.15) is 5.75 Å². The third-order valence-corrected chi connectivity index (χ3v) is 2.01. The number of hydrogen-bond acceptors (Lipinski definition) is 4. The van der Waals surface area contributed by atoms with E-state index in [1.54, 1.807) is 12.1 Å². The molecule has 5 nitrogen and oxygen atoms in total. The van der Waals surface area contributed by atoms with Gasteiger partial charge in [0, 0.05) is 6.42 Å². The zero-order valence-electron chi connectivity index (χ0n) is 8.52. The van der Waals surface area contributed by atoms with E-state index < -0.39 is 12.4 Å². The van der Waals surface area contributed by atoms with Crippen molar-refractivity contribution in [2.75, 3.05) is 0 Å². The SMILES string of the molecule is O=c1[nH]c(Cc2ccc(OC(F)F)cc2)no1. The van der Waals surface area contributed by atoms with Crippen LogP contribution in [0.25, 0.3) is 0 Å². The van der Waals surface area contributed by atoms with Gasteiger partial charge in [0.25, 0.3) is 0 Å². The van der Waals surface area contributed by atoms with Gasteiger partial charge in [-0.25, -0.2) is 4.79 Å². The van der Waals surface area contributed by atoms with Crippen LogP contribution >= 0.6 is 0 Å². The van der Waals surface area contributed by atoms with Crippen LogP contribution in [0.15, 0.2) is 33.6 Å². The number of ether oxygens (including phenoxy) is 1. The van der Waals surface area contributed by atoms with E-state index in [9.17, 15) is 13.6 Å². The summed E-state index contributed by atoms with van der Waals surface area (Å²) in [4.78, 5) is 13.1. The largest absolute Gasteiger partial charge is 0.438 e. The number of hydrogen-bond donors (Lipinski definition) is 1. The Morgan fingerprint density at radius 3 is 2.59 bits per heavy atom. The number of aromatic amines is 1.